The van der Waals surface area contributed by atoms with Crippen LogP contribution >= 0.6 is 0 Å². The lowest BCUT2D eigenvalue weighted by molar-refractivity contribution is 1.32. The molecule has 4 nitrogen and oxygen atoms in total. The standard InChI is InChI=1S/C34H24N4/c1-24(29-18-31(25-2-10-35-11-3-25)22-32(19-29)26-4-12-36-13-5-26)30-20-33(27-6-14-37-15-7-27)23-34(21-30)28-8-16-38-17-9-28/h2-23H,1H2. The molecule has 0 aliphatic carbocycles. The number of nitrogens with zero attached hydrogens (tertiary/aromatic N) is 4. The van der Waals surface area contributed by atoms with E-state index in [4.69, 9.17) is 0 Å². The highest BCUT2D eigenvalue weighted by Gasteiger charge is 2.12. The number of rotatable bonds is 6. The molecule has 0 fully saturated rings. The van der Waals surface area contributed by atoms with Crippen molar-refractivity contribution in [1.82, 2.24) is 19.9 Å². The van der Waals surface area contributed by atoms with Crippen LogP contribution in [0, 0.1) is 0 Å². The number of hydrogen-bond donors (Lipinski definition) is 0. The van der Waals surface area contributed by atoms with Gasteiger partial charge in [-0.3, -0.25) is 19.9 Å². The molecule has 0 radical (unpaired) electrons. The summed E-state index contributed by atoms with van der Waals surface area (Å²) in [6, 6.07) is 29.5. The van der Waals surface area contributed by atoms with Crippen LogP contribution in [0.15, 0.2) is 141 Å². The van der Waals surface area contributed by atoms with Gasteiger partial charge in [0.25, 0.3) is 0 Å². The predicted octanol–water partition coefficient (Wildman–Crippen LogP) is 8.00. The zero-order chi connectivity index (χ0) is 25.7. The first-order valence-corrected chi connectivity index (χ1v) is 12.4. The summed E-state index contributed by atoms with van der Waals surface area (Å²) in [5.74, 6) is 0. The van der Waals surface area contributed by atoms with Crippen molar-refractivity contribution in [3.8, 4) is 44.5 Å². The van der Waals surface area contributed by atoms with Gasteiger partial charge in [0.05, 0.1) is 0 Å². The van der Waals surface area contributed by atoms with E-state index in [-0.39, 0.29) is 0 Å². The Labute approximate surface area is 222 Å². The van der Waals surface area contributed by atoms with Gasteiger partial charge in [-0.15, -0.1) is 0 Å². The molecular weight excluding hydrogens is 464 g/mol. The SMILES string of the molecule is C=C(c1cc(-c2ccncc2)cc(-c2ccncc2)c1)c1cc(-c2ccncc2)cc(-c2ccncc2)c1. The van der Waals surface area contributed by atoms with E-state index in [0.29, 0.717) is 0 Å². The van der Waals surface area contributed by atoms with Gasteiger partial charge in [-0.05, 0) is 146 Å². The molecule has 6 aromatic rings. The maximum absolute atomic E-state index is 4.58. The van der Waals surface area contributed by atoms with E-state index < -0.39 is 0 Å². The Bertz CT molecular complexity index is 1450. The monoisotopic (exact) mass is 488 g/mol. The minimum Gasteiger partial charge on any atom is -0.265 e. The average molecular weight is 489 g/mol. The molecule has 0 atom stereocenters. The normalized spacial score (nSPS) is 10.7. The van der Waals surface area contributed by atoms with Crippen LogP contribution in [-0.2, 0) is 0 Å². The van der Waals surface area contributed by atoms with Crippen molar-refractivity contribution >= 4 is 5.57 Å². The molecular formula is C34H24N4. The van der Waals surface area contributed by atoms with Crippen molar-refractivity contribution in [1.29, 1.82) is 0 Å². The molecule has 0 unspecified atom stereocenters. The minimum atomic E-state index is 0.947. The first-order chi connectivity index (χ1) is 18.7. The van der Waals surface area contributed by atoms with Crippen LogP contribution in [0.25, 0.3) is 50.1 Å². The third kappa shape index (κ3) is 4.88. The topological polar surface area (TPSA) is 51.6 Å². The van der Waals surface area contributed by atoms with Crippen LogP contribution in [-0.4, -0.2) is 19.9 Å². The third-order valence-corrected chi connectivity index (χ3v) is 6.62. The molecule has 4 aromatic heterocycles. The van der Waals surface area contributed by atoms with Crippen LogP contribution in [0.5, 0.6) is 0 Å². The molecule has 0 bridgehead atoms. The highest BCUT2D eigenvalue weighted by molar-refractivity contribution is 5.88. The Balaban J connectivity index is 1.51. The first kappa shape index (κ1) is 23.2. The van der Waals surface area contributed by atoms with Crippen molar-refractivity contribution in [2.45, 2.75) is 0 Å². The molecule has 180 valence electrons. The number of benzene rings is 2. The molecule has 4 heteroatoms. The van der Waals surface area contributed by atoms with Crippen molar-refractivity contribution in [3.05, 3.63) is 152 Å². The van der Waals surface area contributed by atoms with Crippen molar-refractivity contribution < 1.29 is 0 Å². The smallest absolute Gasteiger partial charge is 0.0273 e. The summed E-state index contributed by atoms with van der Waals surface area (Å²) in [6.45, 7) is 4.58. The van der Waals surface area contributed by atoms with E-state index >= 15 is 0 Å². The third-order valence-electron chi connectivity index (χ3n) is 6.62. The van der Waals surface area contributed by atoms with Crippen molar-refractivity contribution in [3.63, 3.8) is 0 Å². The lowest BCUT2D eigenvalue weighted by Crippen LogP contribution is -1.93. The maximum atomic E-state index is 4.58. The number of pyridine rings is 4. The summed E-state index contributed by atoms with van der Waals surface area (Å²) in [5.41, 5.74) is 11.9. The Morgan fingerprint density at radius 1 is 0.342 bits per heavy atom. The summed E-state index contributed by atoms with van der Waals surface area (Å²) < 4.78 is 0. The van der Waals surface area contributed by atoms with Gasteiger partial charge in [-0.2, -0.15) is 0 Å². The van der Waals surface area contributed by atoms with E-state index in [9.17, 15) is 0 Å². The highest BCUT2D eigenvalue weighted by atomic mass is 14.6. The summed E-state index contributed by atoms with van der Waals surface area (Å²) in [4.78, 5) is 16.8. The molecule has 0 amide bonds. The molecule has 38 heavy (non-hydrogen) atoms. The van der Waals surface area contributed by atoms with Gasteiger partial charge >= 0.3 is 0 Å². The molecule has 4 heterocycles. The number of aromatic nitrogens is 4. The predicted molar refractivity (Wildman–Crippen MR) is 154 cm³/mol. The summed E-state index contributed by atoms with van der Waals surface area (Å²) in [7, 11) is 0. The summed E-state index contributed by atoms with van der Waals surface area (Å²) in [6.07, 6.45) is 14.6. The van der Waals surface area contributed by atoms with E-state index in [1.54, 1.807) is 0 Å². The van der Waals surface area contributed by atoms with Gasteiger partial charge in [-0.25, -0.2) is 0 Å². The highest BCUT2D eigenvalue weighted by Crippen LogP contribution is 2.36. The van der Waals surface area contributed by atoms with Gasteiger partial charge < -0.3 is 0 Å². The average Bonchev–Trinajstić information content (AvgIpc) is 3.02. The van der Waals surface area contributed by atoms with Crippen LogP contribution in [0.3, 0.4) is 0 Å². The second-order valence-electron chi connectivity index (χ2n) is 9.02. The van der Waals surface area contributed by atoms with E-state index in [1.807, 2.05) is 98.1 Å². The van der Waals surface area contributed by atoms with Crippen molar-refractivity contribution in [2.75, 3.05) is 0 Å². The summed E-state index contributed by atoms with van der Waals surface area (Å²) >= 11 is 0. The fourth-order valence-corrected chi connectivity index (χ4v) is 4.61. The summed E-state index contributed by atoms with van der Waals surface area (Å²) in [5, 5.41) is 0. The molecule has 0 saturated carbocycles. The second-order valence-corrected chi connectivity index (χ2v) is 9.02. The lowest BCUT2D eigenvalue weighted by atomic mass is 9.89. The zero-order valence-corrected chi connectivity index (χ0v) is 20.7. The Morgan fingerprint density at radius 3 is 0.816 bits per heavy atom. The Morgan fingerprint density at radius 2 is 0.579 bits per heavy atom. The van der Waals surface area contributed by atoms with Crippen LogP contribution in [0.1, 0.15) is 11.1 Å². The fraction of sp³-hybridized carbons (Fsp3) is 0. The van der Waals surface area contributed by atoms with Gasteiger partial charge in [-0.1, -0.05) is 6.58 Å². The van der Waals surface area contributed by atoms with Gasteiger partial charge in [0.15, 0.2) is 0 Å². The number of hydrogen-bond acceptors (Lipinski definition) is 4. The maximum Gasteiger partial charge on any atom is 0.0273 e. The fourth-order valence-electron chi connectivity index (χ4n) is 4.61. The molecule has 0 aliphatic rings. The largest absolute Gasteiger partial charge is 0.265 e. The molecule has 0 N–H and O–H groups in total. The van der Waals surface area contributed by atoms with Gasteiger partial charge in [0.2, 0.25) is 0 Å². The Hall–Kier alpha value is -5.22. The van der Waals surface area contributed by atoms with E-state index in [0.717, 1.165) is 61.2 Å². The van der Waals surface area contributed by atoms with Gasteiger partial charge in [0, 0.05) is 49.6 Å². The van der Waals surface area contributed by atoms with E-state index in [2.05, 4.69) is 62.9 Å². The van der Waals surface area contributed by atoms with E-state index in [1.165, 1.54) is 0 Å². The molecule has 2 aromatic carbocycles. The molecule has 0 spiro atoms. The molecule has 6 rings (SSSR count). The molecule has 0 saturated heterocycles. The van der Waals surface area contributed by atoms with Gasteiger partial charge in [0.1, 0.15) is 0 Å². The second kappa shape index (κ2) is 10.4. The van der Waals surface area contributed by atoms with Crippen molar-refractivity contribution in [2.24, 2.45) is 0 Å². The van der Waals surface area contributed by atoms with Crippen LogP contribution in [0.2, 0.25) is 0 Å². The zero-order valence-electron chi connectivity index (χ0n) is 20.7. The Kier molecular flexibility index (Phi) is 6.35. The first-order valence-electron chi connectivity index (χ1n) is 12.4. The lowest BCUT2D eigenvalue weighted by Gasteiger charge is -2.15. The minimum absolute atomic E-state index is 0.947. The molecule has 0 aliphatic heterocycles. The van der Waals surface area contributed by atoms with Crippen LogP contribution < -0.4 is 0 Å². The quantitative estimate of drug-likeness (QED) is 0.238. The van der Waals surface area contributed by atoms with Crippen LogP contribution in [0.4, 0.5) is 0 Å².